The molecule has 4 aromatic heterocycles. The van der Waals surface area contributed by atoms with Gasteiger partial charge >= 0.3 is 0 Å². The Morgan fingerprint density at radius 1 is 0.207 bits per heavy atom. The first-order valence-electron chi connectivity index (χ1n) is 29.4. The van der Waals surface area contributed by atoms with Crippen molar-refractivity contribution >= 4 is 65.7 Å². The molecule has 6 nitrogen and oxygen atoms in total. The molecule has 0 saturated carbocycles. The predicted molar refractivity (Wildman–Crippen MR) is 358 cm³/mol. The van der Waals surface area contributed by atoms with Crippen LogP contribution in [-0.2, 0) is 0 Å². The molecule has 6 heteroatoms. The number of furan rings is 2. The second kappa shape index (κ2) is 20.6. The number of para-hydroxylation sites is 2. The summed E-state index contributed by atoms with van der Waals surface area (Å²) >= 11 is 0. The van der Waals surface area contributed by atoms with Crippen molar-refractivity contribution in [1.82, 2.24) is 19.5 Å². The monoisotopic (exact) mass is 1110 g/mol. The Bertz CT molecular complexity index is 5150. The van der Waals surface area contributed by atoms with Crippen LogP contribution in [0.3, 0.4) is 0 Å². The van der Waals surface area contributed by atoms with Gasteiger partial charge < -0.3 is 13.4 Å². The average Bonchev–Trinajstić information content (AvgIpc) is 2.60. The Hall–Kier alpha value is -11.7. The van der Waals surface area contributed by atoms with Gasteiger partial charge in [-0.15, -0.1) is 0 Å². The normalized spacial score (nSPS) is 11.7. The Balaban J connectivity index is 1.01. The third kappa shape index (κ3) is 8.61. The number of benzene rings is 13. The number of aromatic nitrogens is 4. The third-order valence-electron chi connectivity index (χ3n) is 17.0. The van der Waals surface area contributed by atoms with E-state index < -0.39 is 0 Å². The first kappa shape index (κ1) is 49.8. The van der Waals surface area contributed by atoms with E-state index in [-0.39, 0.29) is 0 Å². The van der Waals surface area contributed by atoms with E-state index in [1.54, 1.807) is 0 Å². The molecule has 0 atom stereocenters. The lowest BCUT2D eigenvalue weighted by Crippen LogP contribution is -2.05. The summed E-state index contributed by atoms with van der Waals surface area (Å²) in [5, 5.41) is 6.44. The average molecular weight is 1110 g/mol. The molecule has 87 heavy (non-hydrogen) atoms. The van der Waals surface area contributed by atoms with Gasteiger partial charge in [0.2, 0.25) is 0 Å². The lowest BCUT2D eigenvalue weighted by Gasteiger charge is -2.23. The van der Waals surface area contributed by atoms with Gasteiger partial charge in [-0.1, -0.05) is 231 Å². The highest BCUT2D eigenvalue weighted by Crippen LogP contribution is 2.50. The molecule has 0 spiro atoms. The SMILES string of the molecule is c1ccc(-c2cc(-c3ccccc3)c3c(c2)c2cc(-c4ccccc4)cc(-c4ccccc4)c2n3-c2c(-c3ccccc3)cc(-c3nc(-c4ccc5c(c4)oc4ccccc45)nc(-c4ccc5c(c4)oc4ccccc45)n3)cc2-c2ccccc2)cc1. The van der Waals surface area contributed by atoms with Gasteiger partial charge in [0.05, 0.1) is 16.7 Å². The number of nitrogens with zero attached hydrogens (tertiary/aromatic N) is 4. The highest BCUT2D eigenvalue weighted by Gasteiger charge is 2.28. The van der Waals surface area contributed by atoms with E-state index in [9.17, 15) is 0 Å². The smallest absolute Gasteiger partial charge is 0.164 e. The van der Waals surface area contributed by atoms with Crippen LogP contribution in [0.5, 0.6) is 0 Å². The minimum atomic E-state index is 0.513. The van der Waals surface area contributed by atoms with Crippen LogP contribution in [0.4, 0.5) is 0 Å². The number of fused-ring (bicyclic) bond motifs is 9. The van der Waals surface area contributed by atoms with E-state index in [2.05, 4.69) is 271 Å². The maximum Gasteiger partial charge on any atom is 0.164 e. The van der Waals surface area contributed by atoms with Gasteiger partial charge in [0.1, 0.15) is 22.3 Å². The van der Waals surface area contributed by atoms with Crippen LogP contribution in [0.15, 0.2) is 312 Å². The van der Waals surface area contributed by atoms with Crippen LogP contribution in [0.2, 0.25) is 0 Å². The van der Waals surface area contributed by atoms with Crippen LogP contribution in [0, 0.1) is 0 Å². The fourth-order valence-corrected chi connectivity index (χ4v) is 12.9. The molecule has 17 aromatic rings. The lowest BCUT2D eigenvalue weighted by atomic mass is 9.91. The summed E-state index contributed by atoms with van der Waals surface area (Å²) in [6.45, 7) is 0. The second-order valence-electron chi connectivity index (χ2n) is 22.2. The van der Waals surface area contributed by atoms with Crippen molar-refractivity contribution in [1.29, 1.82) is 0 Å². The largest absolute Gasteiger partial charge is 0.456 e. The summed E-state index contributed by atoms with van der Waals surface area (Å²) in [6.07, 6.45) is 0. The van der Waals surface area contributed by atoms with Crippen molar-refractivity contribution in [3.63, 3.8) is 0 Å². The molecule has 0 amide bonds. The summed E-state index contributed by atoms with van der Waals surface area (Å²) in [4.78, 5) is 16.4. The zero-order chi connectivity index (χ0) is 57.4. The predicted octanol–water partition coefficient (Wildman–Crippen LogP) is 21.8. The van der Waals surface area contributed by atoms with Crippen molar-refractivity contribution in [3.05, 3.63) is 303 Å². The van der Waals surface area contributed by atoms with E-state index >= 15 is 0 Å². The van der Waals surface area contributed by atoms with E-state index in [1.807, 2.05) is 36.4 Å². The van der Waals surface area contributed by atoms with Gasteiger partial charge in [-0.05, 0) is 117 Å². The van der Waals surface area contributed by atoms with E-state index in [4.69, 9.17) is 23.8 Å². The highest BCUT2D eigenvalue weighted by molar-refractivity contribution is 6.20. The summed E-state index contributed by atoms with van der Waals surface area (Å²) < 4.78 is 15.6. The quantitative estimate of drug-likeness (QED) is 0.136. The van der Waals surface area contributed by atoms with E-state index in [0.29, 0.717) is 17.5 Å². The molecule has 13 aromatic carbocycles. The van der Waals surface area contributed by atoms with Gasteiger partial charge in [-0.25, -0.2) is 15.0 Å². The van der Waals surface area contributed by atoms with Gasteiger partial charge in [-0.2, -0.15) is 0 Å². The van der Waals surface area contributed by atoms with Crippen molar-refractivity contribution < 1.29 is 8.83 Å². The molecular formula is C81H50N4O2. The van der Waals surface area contributed by atoms with Crippen LogP contribution < -0.4 is 0 Å². The molecular weight excluding hydrogens is 1060 g/mol. The molecule has 0 saturated heterocycles. The van der Waals surface area contributed by atoms with Gasteiger partial charge in [0, 0.05) is 71.3 Å². The summed E-state index contributed by atoms with van der Waals surface area (Å²) in [5.74, 6) is 1.54. The molecule has 4 heterocycles. The molecule has 17 rings (SSSR count). The highest BCUT2D eigenvalue weighted by atomic mass is 16.3. The first-order valence-corrected chi connectivity index (χ1v) is 29.4. The molecule has 0 unspecified atom stereocenters. The second-order valence-corrected chi connectivity index (χ2v) is 22.2. The van der Waals surface area contributed by atoms with Crippen molar-refractivity contribution in [2.75, 3.05) is 0 Å². The minimum Gasteiger partial charge on any atom is -0.456 e. The standard InChI is InChI=1S/C81H50N4O2/c1-7-23-51(24-8-1)59-43-66(53-27-11-3-12-28-53)77-70(45-59)71-46-60(52-25-9-2-10-26-52)44-67(54-29-13-4-14-30-54)78(71)85(77)76-68(55-31-15-5-16-32-55)47-61(48-69(76)56-33-17-6-18-34-56)81-83-79(57-39-41-64-62-35-19-21-37-72(62)86-74(64)49-57)82-80(84-81)58-40-42-65-63-36-20-22-38-73(63)87-75(65)50-58/h1-50H. The van der Waals surface area contributed by atoms with Gasteiger partial charge in [-0.3, -0.25) is 0 Å². The number of rotatable bonds is 10. The Kier molecular flexibility index (Phi) is 11.8. The molecule has 0 radical (unpaired) electrons. The summed E-state index contributed by atoms with van der Waals surface area (Å²) in [6, 6.07) is 108. The topological polar surface area (TPSA) is 69.9 Å². The minimum absolute atomic E-state index is 0.513. The Morgan fingerprint density at radius 2 is 0.517 bits per heavy atom. The van der Waals surface area contributed by atoms with E-state index in [0.717, 1.165) is 155 Å². The van der Waals surface area contributed by atoms with Gasteiger partial charge in [0.25, 0.3) is 0 Å². The van der Waals surface area contributed by atoms with Crippen LogP contribution in [0.1, 0.15) is 0 Å². The van der Waals surface area contributed by atoms with Crippen molar-refractivity contribution in [2.45, 2.75) is 0 Å². The lowest BCUT2D eigenvalue weighted by molar-refractivity contribution is 0.668. The first-order chi connectivity index (χ1) is 43.1. The third-order valence-corrected chi connectivity index (χ3v) is 17.0. The Labute approximate surface area is 501 Å². The van der Waals surface area contributed by atoms with Gasteiger partial charge in [0.15, 0.2) is 17.5 Å². The summed E-state index contributed by atoms with van der Waals surface area (Å²) in [5.41, 5.74) is 21.8. The van der Waals surface area contributed by atoms with Crippen molar-refractivity contribution in [3.8, 4) is 107 Å². The molecule has 0 aliphatic carbocycles. The fourth-order valence-electron chi connectivity index (χ4n) is 12.9. The zero-order valence-electron chi connectivity index (χ0n) is 47.0. The summed E-state index contributed by atoms with van der Waals surface area (Å²) in [7, 11) is 0. The fraction of sp³-hybridized carbons (Fsp3) is 0. The number of hydrogen-bond acceptors (Lipinski definition) is 5. The maximum absolute atomic E-state index is 6.51. The molecule has 0 bridgehead atoms. The molecule has 0 N–H and O–H groups in total. The zero-order valence-corrected chi connectivity index (χ0v) is 47.0. The van der Waals surface area contributed by atoms with Crippen molar-refractivity contribution in [2.24, 2.45) is 0 Å². The maximum atomic E-state index is 6.51. The van der Waals surface area contributed by atoms with Crippen LogP contribution in [0.25, 0.3) is 172 Å². The molecule has 0 fully saturated rings. The molecule has 0 aliphatic heterocycles. The Morgan fingerprint density at radius 3 is 0.908 bits per heavy atom. The van der Waals surface area contributed by atoms with Crippen LogP contribution >= 0.6 is 0 Å². The number of hydrogen-bond donors (Lipinski definition) is 0. The molecule has 0 aliphatic rings. The van der Waals surface area contributed by atoms with Crippen LogP contribution in [-0.4, -0.2) is 19.5 Å². The van der Waals surface area contributed by atoms with E-state index in [1.165, 1.54) is 0 Å². The molecule has 406 valence electrons.